The van der Waals surface area contributed by atoms with Crippen molar-refractivity contribution in [1.82, 2.24) is 13.8 Å². The molecule has 1 fully saturated rings. The topological polar surface area (TPSA) is 71.9 Å². The van der Waals surface area contributed by atoms with Gasteiger partial charge in [0.05, 0.1) is 4.90 Å². The first-order valence-corrected chi connectivity index (χ1v) is 12.0. The predicted molar refractivity (Wildman–Crippen MR) is 122 cm³/mol. The van der Waals surface area contributed by atoms with E-state index in [0.29, 0.717) is 13.1 Å². The quantitative estimate of drug-likeness (QED) is 0.612. The van der Waals surface area contributed by atoms with Crippen LogP contribution >= 0.6 is 0 Å². The van der Waals surface area contributed by atoms with E-state index in [4.69, 9.17) is 4.74 Å². The Morgan fingerprint density at radius 1 is 0.968 bits per heavy atom. The van der Waals surface area contributed by atoms with E-state index in [1.165, 1.54) is 4.31 Å². The minimum absolute atomic E-state index is 0.246. The summed E-state index contributed by atoms with van der Waals surface area (Å²) in [7, 11) is -3.66. The third-order valence-corrected chi connectivity index (χ3v) is 7.48. The number of aryl methyl sites for hydroxylation is 1. The molecule has 7 nitrogen and oxygen atoms in total. The second-order valence-corrected chi connectivity index (χ2v) is 10.7. The van der Waals surface area contributed by atoms with E-state index in [0.717, 1.165) is 28.4 Å². The molecule has 8 heteroatoms. The van der Waals surface area contributed by atoms with Crippen LogP contribution < -0.4 is 0 Å². The number of para-hydroxylation sites is 1. The molecule has 31 heavy (non-hydrogen) atoms. The molecule has 1 aliphatic heterocycles. The Kier molecular flexibility index (Phi) is 5.47. The standard InChI is InChI=1S/C23H29N3O4S/c1-5-26-20-9-7-6-8-18(20)19-16-17(10-11-21(19)26)31(28,29)25-14-12-24(13-15-25)22(27)30-23(2,3)4/h6-11,16H,5,12-15H2,1-4H3. The highest BCUT2D eigenvalue weighted by molar-refractivity contribution is 7.89. The zero-order chi connectivity index (χ0) is 22.4. The van der Waals surface area contributed by atoms with Crippen LogP contribution in [0.4, 0.5) is 4.79 Å². The summed E-state index contributed by atoms with van der Waals surface area (Å²) in [5.74, 6) is 0. The molecule has 1 amide bonds. The van der Waals surface area contributed by atoms with Gasteiger partial charge in [0.15, 0.2) is 0 Å². The summed E-state index contributed by atoms with van der Waals surface area (Å²) in [6.45, 7) is 9.46. The Morgan fingerprint density at radius 2 is 1.61 bits per heavy atom. The lowest BCUT2D eigenvalue weighted by Crippen LogP contribution is -2.51. The summed E-state index contributed by atoms with van der Waals surface area (Å²) >= 11 is 0. The van der Waals surface area contributed by atoms with Crippen molar-refractivity contribution < 1.29 is 17.9 Å². The summed E-state index contributed by atoms with van der Waals surface area (Å²) in [6.07, 6.45) is -0.404. The number of fused-ring (bicyclic) bond motifs is 3. The lowest BCUT2D eigenvalue weighted by atomic mass is 10.1. The van der Waals surface area contributed by atoms with Crippen LogP contribution in [0.2, 0.25) is 0 Å². The average molecular weight is 444 g/mol. The molecule has 0 N–H and O–H groups in total. The van der Waals surface area contributed by atoms with Crippen LogP contribution in [0, 0.1) is 0 Å². The third-order valence-electron chi connectivity index (χ3n) is 5.59. The third kappa shape index (κ3) is 4.02. The summed E-state index contributed by atoms with van der Waals surface area (Å²) in [5, 5.41) is 1.98. The van der Waals surface area contributed by atoms with Crippen molar-refractivity contribution in [2.45, 2.75) is 44.7 Å². The molecule has 0 saturated carbocycles. The number of carbonyl (C=O) groups excluding carboxylic acids is 1. The number of amides is 1. The number of aromatic nitrogens is 1. The van der Waals surface area contributed by atoms with E-state index in [-0.39, 0.29) is 18.0 Å². The number of hydrogen-bond acceptors (Lipinski definition) is 4. The SMILES string of the molecule is CCn1c2ccccc2c2cc(S(=O)(=O)N3CCN(C(=O)OC(C)(C)C)CC3)ccc21. The largest absolute Gasteiger partial charge is 0.444 e. The van der Waals surface area contributed by atoms with Crippen molar-refractivity contribution in [3.63, 3.8) is 0 Å². The minimum atomic E-state index is -3.66. The molecular weight excluding hydrogens is 414 g/mol. The molecule has 0 atom stereocenters. The van der Waals surface area contributed by atoms with Gasteiger partial charge in [-0.05, 0) is 52.0 Å². The maximum atomic E-state index is 13.3. The van der Waals surface area contributed by atoms with Gasteiger partial charge in [0.1, 0.15) is 5.60 Å². The first-order valence-electron chi connectivity index (χ1n) is 10.6. The van der Waals surface area contributed by atoms with Gasteiger partial charge in [-0.2, -0.15) is 4.31 Å². The Balaban J connectivity index is 1.60. The van der Waals surface area contributed by atoms with Crippen molar-refractivity contribution in [3.05, 3.63) is 42.5 Å². The van der Waals surface area contributed by atoms with Gasteiger partial charge in [0.25, 0.3) is 0 Å². The monoisotopic (exact) mass is 443 g/mol. The van der Waals surface area contributed by atoms with Crippen molar-refractivity contribution in [2.75, 3.05) is 26.2 Å². The lowest BCUT2D eigenvalue weighted by Gasteiger charge is -2.35. The molecule has 1 aromatic heterocycles. The Morgan fingerprint density at radius 3 is 2.26 bits per heavy atom. The van der Waals surface area contributed by atoms with Gasteiger partial charge in [-0.15, -0.1) is 0 Å². The Labute approximate surface area is 183 Å². The van der Waals surface area contributed by atoms with Gasteiger partial charge in [0, 0.05) is 54.5 Å². The molecule has 4 rings (SSSR count). The number of ether oxygens (including phenoxy) is 1. The molecule has 3 aromatic rings. The lowest BCUT2D eigenvalue weighted by molar-refractivity contribution is 0.0192. The Bertz CT molecular complexity index is 1230. The van der Waals surface area contributed by atoms with E-state index in [1.54, 1.807) is 17.0 Å². The molecule has 1 aliphatic rings. The molecular formula is C23H29N3O4S. The van der Waals surface area contributed by atoms with Crippen LogP contribution in [0.1, 0.15) is 27.7 Å². The molecule has 0 spiro atoms. The van der Waals surface area contributed by atoms with Crippen molar-refractivity contribution in [3.8, 4) is 0 Å². The zero-order valence-corrected chi connectivity index (χ0v) is 19.3. The molecule has 0 bridgehead atoms. The van der Waals surface area contributed by atoms with Crippen LogP contribution in [-0.4, -0.2) is 60.1 Å². The number of carbonyl (C=O) groups is 1. The average Bonchev–Trinajstić information content (AvgIpc) is 3.05. The van der Waals surface area contributed by atoms with Gasteiger partial charge in [-0.25, -0.2) is 13.2 Å². The normalized spacial score (nSPS) is 16.2. The zero-order valence-electron chi connectivity index (χ0n) is 18.5. The molecule has 0 radical (unpaired) electrons. The van der Waals surface area contributed by atoms with Crippen molar-refractivity contribution in [1.29, 1.82) is 0 Å². The molecule has 0 aliphatic carbocycles. The second kappa shape index (κ2) is 7.84. The van der Waals surface area contributed by atoms with Crippen LogP contribution in [-0.2, 0) is 21.3 Å². The first-order chi connectivity index (χ1) is 14.6. The number of rotatable bonds is 3. The summed E-state index contributed by atoms with van der Waals surface area (Å²) in [4.78, 5) is 14.1. The number of piperazine rings is 1. The smallest absolute Gasteiger partial charge is 0.410 e. The molecule has 2 aromatic carbocycles. The Hall–Kier alpha value is -2.58. The minimum Gasteiger partial charge on any atom is -0.444 e. The summed E-state index contributed by atoms with van der Waals surface area (Å²) in [6, 6.07) is 13.4. The highest BCUT2D eigenvalue weighted by atomic mass is 32.2. The van der Waals surface area contributed by atoms with E-state index >= 15 is 0 Å². The van der Waals surface area contributed by atoms with E-state index < -0.39 is 21.7 Å². The van der Waals surface area contributed by atoms with Crippen LogP contribution in [0.15, 0.2) is 47.4 Å². The summed E-state index contributed by atoms with van der Waals surface area (Å²) < 4.78 is 35.7. The second-order valence-electron chi connectivity index (χ2n) is 8.81. The number of sulfonamides is 1. The molecule has 0 unspecified atom stereocenters. The van der Waals surface area contributed by atoms with Gasteiger partial charge >= 0.3 is 6.09 Å². The van der Waals surface area contributed by atoms with E-state index in [2.05, 4.69) is 17.6 Å². The molecule has 2 heterocycles. The fourth-order valence-electron chi connectivity index (χ4n) is 4.12. The van der Waals surface area contributed by atoms with Crippen LogP contribution in [0.5, 0.6) is 0 Å². The van der Waals surface area contributed by atoms with Crippen LogP contribution in [0.3, 0.4) is 0 Å². The first kappa shape index (κ1) is 21.6. The number of benzene rings is 2. The molecule has 1 saturated heterocycles. The van der Waals surface area contributed by atoms with Gasteiger partial charge in [-0.1, -0.05) is 18.2 Å². The predicted octanol–water partition coefficient (Wildman–Crippen LogP) is 4.06. The number of nitrogens with zero attached hydrogens (tertiary/aromatic N) is 3. The molecule has 166 valence electrons. The number of hydrogen-bond donors (Lipinski definition) is 0. The van der Waals surface area contributed by atoms with Crippen molar-refractivity contribution >= 4 is 37.9 Å². The maximum Gasteiger partial charge on any atom is 0.410 e. The van der Waals surface area contributed by atoms with Gasteiger partial charge in [0.2, 0.25) is 10.0 Å². The van der Waals surface area contributed by atoms with Gasteiger partial charge in [-0.3, -0.25) is 0 Å². The fourth-order valence-corrected chi connectivity index (χ4v) is 5.57. The van der Waals surface area contributed by atoms with E-state index in [1.807, 2.05) is 45.0 Å². The van der Waals surface area contributed by atoms with Crippen molar-refractivity contribution in [2.24, 2.45) is 0 Å². The highest BCUT2D eigenvalue weighted by Gasteiger charge is 2.32. The maximum absolute atomic E-state index is 13.3. The highest BCUT2D eigenvalue weighted by Crippen LogP contribution is 2.31. The van der Waals surface area contributed by atoms with Crippen LogP contribution in [0.25, 0.3) is 21.8 Å². The van der Waals surface area contributed by atoms with Gasteiger partial charge < -0.3 is 14.2 Å². The van der Waals surface area contributed by atoms with E-state index in [9.17, 15) is 13.2 Å². The fraction of sp³-hybridized carbons (Fsp3) is 0.435. The summed E-state index contributed by atoms with van der Waals surface area (Å²) in [5.41, 5.74) is 1.55.